The first-order valence-electron chi connectivity index (χ1n) is 7.87. The van der Waals surface area contributed by atoms with Crippen LogP contribution in [-0.2, 0) is 5.75 Å². The Labute approximate surface area is 145 Å². The molecule has 0 fully saturated rings. The highest BCUT2D eigenvalue weighted by atomic mass is 32.2. The maximum absolute atomic E-state index is 4.75. The van der Waals surface area contributed by atoms with E-state index in [-0.39, 0.29) is 0 Å². The fourth-order valence-electron chi connectivity index (χ4n) is 2.86. The van der Waals surface area contributed by atoms with Crippen LogP contribution in [0.15, 0.2) is 60.0 Å². The zero-order valence-electron chi connectivity index (χ0n) is 13.7. The van der Waals surface area contributed by atoms with Crippen molar-refractivity contribution in [3.05, 3.63) is 72.1 Å². The zero-order valence-corrected chi connectivity index (χ0v) is 14.5. The molecule has 0 saturated carbocycles. The highest BCUT2D eigenvalue weighted by molar-refractivity contribution is 7.98. The Morgan fingerprint density at radius 2 is 1.96 bits per heavy atom. The number of hydrogen-bond acceptors (Lipinski definition) is 3. The molecule has 0 bridgehead atoms. The summed E-state index contributed by atoms with van der Waals surface area (Å²) >= 11 is 1.83. The summed E-state index contributed by atoms with van der Waals surface area (Å²) in [6.45, 7) is 4.32. The Bertz CT molecular complexity index is 966. The number of aromatic nitrogens is 4. The monoisotopic (exact) mass is 334 g/mol. The van der Waals surface area contributed by atoms with Gasteiger partial charge in [0.05, 0.1) is 23.1 Å². The normalized spacial score (nSPS) is 11.2. The highest BCUT2D eigenvalue weighted by Crippen LogP contribution is 2.29. The average molecular weight is 334 g/mol. The highest BCUT2D eigenvalue weighted by Gasteiger charge is 2.08. The smallest absolute Gasteiger partial charge is 0.117 e. The summed E-state index contributed by atoms with van der Waals surface area (Å²) in [5, 5.41) is 0. The quantitative estimate of drug-likeness (QED) is 0.552. The number of thioether (sulfide) groups is 1. The lowest BCUT2D eigenvalue weighted by Crippen LogP contribution is -1.89. The number of benzene rings is 2. The van der Waals surface area contributed by atoms with Gasteiger partial charge < -0.3 is 9.55 Å². The number of rotatable bonds is 4. The second-order valence-electron chi connectivity index (χ2n) is 5.86. The van der Waals surface area contributed by atoms with Crippen LogP contribution in [0.2, 0.25) is 0 Å². The predicted octanol–water partition coefficient (Wildman–Crippen LogP) is 4.66. The van der Waals surface area contributed by atoms with E-state index in [0.717, 1.165) is 28.3 Å². The summed E-state index contributed by atoms with van der Waals surface area (Å²) < 4.78 is 1.99. The number of fused-ring (bicyclic) bond motifs is 1. The average Bonchev–Trinajstić information content (AvgIpc) is 3.23. The first kappa shape index (κ1) is 15.0. The second kappa shape index (κ2) is 6.17. The lowest BCUT2D eigenvalue weighted by molar-refractivity contribution is 1.06. The minimum atomic E-state index is 0.834. The molecule has 4 nitrogen and oxygen atoms in total. The van der Waals surface area contributed by atoms with Crippen molar-refractivity contribution in [2.45, 2.75) is 24.5 Å². The van der Waals surface area contributed by atoms with Crippen molar-refractivity contribution in [2.75, 3.05) is 0 Å². The lowest BCUT2D eigenvalue weighted by Gasteiger charge is -2.07. The fourth-order valence-corrected chi connectivity index (χ4v) is 3.86. The molecule has 2 heterocycles. The van der Waals surface area contributed by atoms with E-state index in [9.17, 15) is 0 Å². The second-order valence-corrected chi connectivity index (χ2v) is 6.85. The Hall–Kier alpha value is -2.53. The summed E-state index contributed by atoms with van der Waals surface area (Å²) in [4.78, 5) is 13.6. The molecule has 4 aromatic rings. The number of nitrogens with one attached hydrogen (secondary N) is 1. The van der Waals surface area contributed by atoms with Crippen molar-refractivity contribution in [1.29, 1.82) is 0 Å². The molecule has 0 aliphatic carbocycles. The van der Waals surface area contributed by atoms with Crippen LogP contribution in [0.5, 0.6) is 0 Å². The van der Waals surface area contributed by atoms with Gasteiger partial charge in [0, 0.05) is 23.0 Å². The predicted molar refractivity (Wildman–Crippen MR) is 98.7 cm³/mol. The fraction of sp³-hybridized carbons (Fsp3) is 0.158. The Kier molecular flexibility index (Phi) is 3.86. The van der Waals surface area contributed by atoms with Gasteiger partial charge in [-0.25, -0.2) is 9.97 Å². The Morgan fingerprint density at radius 3 is 2.71 bits per heavy atom. The molecule has 2 aromatic carbocycles. The van der Waals surface area contributed by atoms with Crippen molar-refractivity contribution in [2.24, 2.45) is 0 Å². The van der Waals surface area contributed by atoms with Crippen molar-refractivity contribution < 1.29 is 0 Å². The van der Waals surface area contributed by atoms with Crippen LogP contribution in [0.4, 0.5) is 0 Å². The van der Waals surface area contributed by atoms with Crippen LogP contribution in [0.25, 0.3) is 16.7 Å². The van der Waals surface area contributed by atoms with E-state index < -0.39 is 0 Å². The van der Waals surface area contributed by atoms with Gasteiger partial charge in [0.15, 0.2) is 0 Å². The molecule has 0 radical (unpaired) electrons. The topological polar surface area (TPSA) is 46.5 Å². The van der Waals surface area contributed by atoms with Gasteiger partial charge in [-0.1, -0.05) is 18.2 Å². The molecule has 0 aliphatic heterocycles. The van der Waals surface area contributed by atoms with Gasteiger partial charge in [-0.05, 0) is 43.2 Å². The number of nitrogens with zero attached hydrogens (tertiary/aromatic N) is 3. The van der Waals surface area contributed by atoms with E-state index in [2.05, 4.69) is 60.2 Å². The maximum Gasteiger partial charge on any atom is 0.117 e. The summed E-state index contributed by atoms with van der Waals surface area (Å²) in [5.74, 6) is 1.83. The zero-order chi connectivity index (χ0) is 16.5. The van der Waals surface area contributed by atoms with Gasteiger partial charge in [0.25, 0.3) is 0 Å². The Balaban J connectivity index is 1.59. The molecule has 1 N–H and O–H groups in total. The first-order chi connectivity index (χ1) is 11.7. The van der Waals surface area contributed by atoms with Gasteiger partial charge in [-0.3, -0.25) is 0 Å². The molecule has 0 saturated heterocycles. The van der Waals surface area contributed by atoms with Crippen molar-refractivity contribution in [3.63, 3.8) is 0 Å². The number of imidazole rings is 2. The molecule has 0 spiro atoms. The van der Waals surface area contributed by atoms with Crippen molar-refractivity contribution in [3.8, 4) is 5.69 Å². The van der Waals surface area contributed by atoms with Crippen LogP contribution >= 0.6 is 11.8 Å². The molecule has 0 aliphatic rings. The van der Waals surface area contributed by atoms with Gasteiger partial charge in [-0.15, -0.1) is 11.8 Å². The number of hydrogen-bond donors (Lipinski definition) is 1. The number of H-pyrrole nitrogens is 1. The van der Waals surface area contributed by atoms with Crippen molar-refractivity contribution >= 4 is 22.8 Å². The maximum atomic E-state index is 4.75. The van der Waals surface area contributed by atoms with Crippen LogP contribution in [-0.4, -0.2) is 19.5 Å². The third kappa shape index (κ3) is 2.83. The summed E-state index contributed by atoms with van der Waals surface area (Å²) in [7, 11) is 0. The Morgan fingerprint density at radius 1 is 1.12 bits per heavy atom. The molecule has 24 heavy (non-hydrogen) atoms. The molecule has 120 valence electrons. The largest absolute Gasteiger partial charge is 0.341 e. The molecule has 5 heteroatoms. The molecular formula is C19H18N4S. The van der Waals surface area contributed by atoms with E-state index in [1.165, 1.54) is 16.0 Å². The molecule has 2 aromatic heterocycles. The molecule has 0 unspecified atom stereocenters. The third-order valence-corrected chi connectivity index (χ3v) is 5.43. The van der Waals surface area contributed by atoms with E-state index in [0.29, 0.717) is 0 Å². The van der Waals surface area contributed by atoms with Gasteiger partial charge in [0.1, 0.15) is 5.82 Å². The summed E-state index contributed by atoms with van der Waals surface area (Å²) in [5.41, 5.74) is 5.76. The van der Waals surface area contributed by atoms with Crippen molar-refractivity contribution in [1.82, 2.24) is 19.5 Å². The number of aryl methyl sites for hydroxylation is 2. The molecular weight excluding hydrogens is 316 g/mol. The van der Waals surface area contributed by atoms with E-state index >= 15 is 0 Å². The SMILES string of the molecule is Cc1cccc(C)c1SCc1nc2cc(-n3ccnc3)ccc2[nH]1. The summed E-state index contributed by atoms with van der Waals surface area (Å²) in [6, 6.07) is 12.7. The minimum absolute atomic E-state index is 0.834. The van der Waals surface area contributed by atoms with Crippen LogP contribution in [0.3, 0.4) is 0 Å². The van der Waals surface area contributed by atoms with Gasteiger partial charge in [0.2, 0.25) is 0 Å². The summed E-state index contributed by atoms with van der Waals surface area (Å²) in [6.07, 6.45) is 5.51. The number of aromatic amines is 1. The van der Waals surface area contributed by atoms with E-state index in [1.807, 2.05) is 22.5 Å². The first-order valence-corrected chi connectivity index (χ1v) is 8.85. The van der Waals surface area contributed by atoms with Crippen LogP contribution in [0.1, 0.15) is 17.0 Å². The molecule has 0 atom stereocenters. The lowest BCUT2D eigenvalue weighted by atomic mass is 10.2. The van der Waals surface area contributed by atoms with Gasteiger partial charge in [-0.2, -0.15) is 0 Å². The van der Waals surface area contributed by atoms with E-state index in [4.69, 9.17) is 4.98 Å². The standard InChI is InChI=1S/C19H18N4S/c1-13-4-3-5-14(2)19(13)24-11-18-21-16-7-6-15(10-17(16)22-18)23-9-8-20-12-23/h3-10,12H,11H2,1-2H3,(H,21,22). The third-order valence-electron chi connectivity index (χ3n) is 4.08. The minimum Gasteiger partial charge on any atom is -0.341 e. The van der Waals surface area contributed by atoms with Crippen LogP contribution in [0, 0.1) is 13.8 Å². The molecule has 0 amide bonds. The van der Waals surface area contributed by atoms with Crippen LogP contribution < -0.4 is 0 Å². The molecule has 4 rings (SSSR count). The van der Waals surface area contributed by atoms with E-state index in [1.54, 1.807) is 12.5 Å². The van der Waals surface area contributed by atoms with Gasteiger partial charge >= 0.3 is 0 Å².